The lowest BCUT2D eigenvalue weighted by Crippen LogP contribution is -2.35. The van der Waals surface area contributed by atoms with Gasteiger partial charge in [0, 0.05) is 22.8 Å². The maximum Gasteiger partial charge on any atom is 0.269 e. The molecule has 1 heterocycles. The van der Waals surface area contributed by atoms with Crippen LogP contribution in [0.1, 0.15) is 42.3 Å². The van der Waals surface area contributed by atoms with Gasteiger partial charge in [-0.3, -0.25) is 10.1 Å². The fourth-order valence-electron chi connectivity index (χ4n) is 5.62. The summed E-state index contributed by atoms with van der Waals surface area (Å²) >= 11 is 6.51. The Kier molecular flexibility index (Phi) is 3.32. The highest BCUT2D eigenvalue weighted by Crippen LogP contribution is 2.64. The van der Waals surface area contributed by atoms with E-state index in [1.54, 1.807) is 12.1 Å². The smallest absolute Gasteiger partial charge is 0.269 e. The molecule has 0 saturated heterocycles. The third-order valence-electron chi connectivity index (χ3n) is 6.52. The zero-order valence-corrected chi connectivity index (χ0v) is 14.4. The molecule has 0 aromatic heterocycles. The van der Waals surface area contributed by atoms with Crippen molar-refractivity contribution < 1.29 is 4.92 Å². The molecule has 1 N–H and O–H groups in total. The predicted octanol–water partition coefficient (Wildman–Crippen LogP) is 5.54. The summed E-state index contributed by atoms with van der Waals surface area (Å²) in [4.78, 5) is 10.9. The van der Waals surface area contributed by atoms with Crippen molar-refractivity contribution in [1.82, 2.24) is 0 Å². The molecular weight excluding hydrogens is 336 g/mol. The molecule has 2 aromatic rings. The minimum absolute atomic E-state index is 0.183. The standard InChI is InChI=1S/C20H19ClN2O2/c21-16-4-2-1-3-14(16)20-19-12-6-5-11(9-12)18(19)15-10-13(23(24)25)7-8-17(15)22-20/h1-4,7-8,10-12,18-20,22H,5-6,9H2/t11-,12+,18+,19-,20-/m0/s1. The first-order valence-electron chi connectivity index (χ1n) is 8.93. The van der Waals surface area contributed by atoms with Gasteiger partial charge in [-0.25, -0.2) is 0 Å². The zero-order valence-electron chi connectivity index (χ0n) is 13.7. The number of nitrogens with one attached hydrogen (secondary N) is 1. The molecule has 2 aromatic carbocycles. The van der Waals surface area contributed by atoms with Crippen LogP contribution in [-0.2, 0) is 0 Å². The van der Waals surface area contributed by atoms with Crippen LogP contribution >= 0.6 is 11.6 Å². The molecule has 2 bridgehead atoms. The molecule has 3 aliphatic rings. The molecule has 128 valence electrons. The first kappa shape index (κ1) is 15.2. The number of hydrogen-bond donors (Lipinski definition) is 1. The number of anilines is 1. The van der Waals surface area contributed by atoms with Crippen molar-refractivity contribution in [3.05, 3.63) is 68.7 Å². The average Bonchev–Trinajstić information content (AvgIpc) is 3.23. The van der Waals surface area contributed by atoms with Gasteiger partial charge in [0.05, 0.1) is 11.0 Å². The highest BCUT2D eigenvalue weighted by atomic mass is 35.5. The van der Waals surface area contributed by atoms with Gasteiger partial charge in [0.25, 0.3) is 5.69 Å². The Hall–Kier alpha value is -2.07. The fraction of sp³-hybridized carbons (Fsp3) is 0.400. The van der Waals surface area contributed by atoms with Crippen LogP contribution in [0.3, 0.4) is 0 Å². The molecule has 0 spiro atoms. The second kappa shape index (κ2) is 5.46. The summed E-state index contributed by atoms with van der Waals surface area (Å²) in [5.41, 5.74) is 3.51. The molecule has 0 amide bonds. The molecule has 5 heteroatoms. The van der Waals surface area contributed by atoms with Crippen LogP contribution < -0.4 is 5.32 Å². The Morgan fingerprint density at radius 3 is 2.68 bits per heavy atom. The van der Waals surface area contributed by atoms with Crippen molar-refractivity contribution in [2.24, 2.45) is 17.8 Å². The molecule has 2 aliphatic carbocycles. The third kappa shape index (κ3) is 2.20. The Labute approximate surface area is 151 Å². The van der Waals surface area contributed by atoms with Crippen molar-refractivity contribution >= 4 is 23.0 Å². The summed E-state index contributed by atoms with van der Waals surface area (Å²) < 4.78 is 0. The van der Waals surface area contributed by atoms with Crippen LogP contribution in [0, 0.1) is 27.9 Å². The Balaban J connectivity index is 1.65. The summed E-state index contributed by atoms with van der Waals surface area (Å²) in [6.45, 7) is 0. The number of nitro benzene ring substituents is 1. The van der Waals surface area contributed by atoms with Crippen molar-refractivity contribution in [3.63, 3.8) is 0 Å². The number of non-ortho nitro benzene ring substituents is 1. The van der Waals surface area contributed by atoms with Gasteiger partial charge < -0.3 is 5.32 Å². The Bertz CT molecular complexity index is 869. The second-order valence-corrected chi connectivity index (χ2v) is 8.02. The highest BCUT2D eigenvalue weighted by Gasteiger charge is 2.54. The summed E-state index contributed by atoms with van der Waals surface area (Å²) in [7, 11) is 0. The topological polar surface area (TPSA) is 55.2 Å². The van der Waals surface area contributed by atoms with Crippen LogP contribution in [0.4, 0.5) is 11.4 Å². The maximum atomic E-state index is 11.2. The molecule has 2 saturated carbocycles. The van der Waals surface area contributed by atoms with E-state index in [9.17, 15) is 10.1 Å². The fourth-order valence-corrected chi connectivity index (χ4v) is 5.88. The van der Waals surface area contributed by atoms with Crippen LogP contribution in [0.5, 0.6) is 0 Å². The van der Waals surface area contributed by atoms with Gasteiger partial charge in [-0.1, -0.05) is 29.8 Å². The number of halogens is 1. The van der Waals surface area contributed by atoms with E-state index < -0.39 is 0 Å². The van der Waals surface area contributed by atoms with Crippen LogP contribution in [0.2, 0.25) is 5.02 Å². The van der Waals surface area contributed by atoms with Gasteiger partial charge in [0.1, 0.15) is 0 Å². The first-order valence-corrected chi connectivity index (χ1v) is 9.30. The normalized spacial score (nSPS) is 32.0. The molecule has 5 rings (SSSR count). The van der Waals surface area contributed by atoms with Crippen molar-refractivity contribution in [2.45, 2.75) is 31.2 Å². The summed E-state index contributed by atoms with van der Waals surface area (Å²) in [5.74, 6) is 2.18. The average molecular weight is 355 g/mol. The van der Waals surface area contributed by atoms with E-state index in [0.29, 0.717) is 23.7 Å². The molecule has 1 aliphatic heterocycles. The minimum atomic E-state index is -0.289. The monoisotopic (exact) mass is 354 g/mol. The van der Waals surface area contributed by atoms with E-state index in [0.717, 1.165) is 21.8 Å². The van der Waals surface area contributed by atoms with Gasteiger partial charge in [-0.15, -0.1) is 0 Å². The molecule has 25 heavy (non-hydrogen) atoms. The lowest BCUT2D eigenvalue weighted by Gasteiger charge is -2.43. The SMILES string of the molecule is O=[N+]([O-])c1ccc2c(c1)[C@H]1[C@H]3CC[C@H](C3)[C@@H]1[C@H](c1ccccc1Cl)N2. The highest BCUT2D eigenvalue weighted by molar-refractivity contribution is 6.31. The number of benzene rings is 2. The van der Waals surface area contributed by atoms with E-state index in [1.807, 2.05) is 24.3 Å². The summed E-state index contributed by atoms with van der Waals surface area (Å²) in [5, 5.41) is 15.7. The quantitative estimate of drug-likeness (QED) is 0.568. The number of fused-ring (bicyclic) bond motifs is 7. The largest absolute Gasteiger partial charge is 0.378 e. The van der Waals surface area contributed by atoms with E-state index in [-0.39, 0.29) is 16.7 Å². The molecule has 5 atom stereocenters. The Morgan fingerprint density at radius 1 is 1.08 bits per heavy atom. The zero-order chi connectivity index (χ0) is 17.1. The molecular formula is C20H19ClN2O2. The van der Waals surface area contributed by atoms with Crippen molar-refractivity contribution in [1.29, 1.82) is 0 Å². The lowest BCUT2D eigenvalue weighted by atomic mass is 9.68. The van der Waals surface area contributed by atoms with E-state index in [4.69, 9.17) is 11.6 Å². The van der Waals surface area contributed by atoms with Crippen LogP contribution in [0.15, 0.2) is 42.5 Å². The molecule has 0 unspecified atom stereocenters. The van der Waals surface area contributed by atoms with E-state index in [1.165, 1.54) is 19.3 Å². The lowest BCUT2D eigenvalue weighted by molar-refractivity contribution is -0.384. The van der Waals surface area contributed by atoms with Crippen molar-refractivity contribution in [3.8, 4) is 0 Å². The van der Waals surface area contributed by atoms with Crippen LogP contribution in [-0.4, -0.2) is 4.92 Å². The summed E-state index contributed by atoms with van der Waals surface area (Å²) in [6.07, 6.45) is 3.74. The summed E-state index contributed by atoms with van der Waals surface area (Å²) in [6, 6.07) is 13.5. The first-order chi connectivity index (χ1) is 12.1. The van der Waals surface area contributed by atoms with Gasteiger partial charge >= 0.3 is 0 Å². The third-order valence-corrected chi connectivity index (χ3v) is 6.87. The minimum Gasteiger partial charge on any atom is -0.378 e. The number of hydrogen-bond acceptors (Lipinski definition) is 3. The predicted molar refractivity (Wildman–Crippen MR) is 98.0 cm³/mol. The number of nitrogens with zero attached hydrogens (tertiary/aromatic N) is 1. The van der Waals surface area contributed by atoms with Gasteiger partial charge in [0.2, 0.25) is 0 Å². The number of nitro groups is 1. The Morgan fingerprint density at radius 2 is 1.88 bits per heavy atom. The molecule has 0 radical (unpaired) electrons. The maximum absolute atomic E-state index is 11.2. The van der Waals surface area contributed by atoms with Crippen molar-refractivity contribution in [2.75, 3.05) is 5.32 Å². The molecule has 2 fully saturated rings. The number of rotatable bonds is 2. The molecule has 4 nitrogen and oxygen atoms in total. The van der Waals surface area contributed by atoms with Gasteiger partial charge in [-0.05, 0) is 66.2 Å². The van der Waals surface area contributed by atoms with E-state index in [2.05, 4.69) is 11.4 Å². The second-order valence-electron chi connectivity index (χ2n) is 7.61. The van der Waals surface area contributed by atoms with E-state index >= 15 is 0 Å². The van der Waals surface area contributed by atoms with Gasteiger partial charge in [-0.2, -0.15) is 0 Å². The van der Waals surface area contributed by atoms with Crippen LogP contribution in [0.25, 0.3) is 0 Å². The van der Waals surface area contributed by atoms with Gasteiger partial charge in [0.15, 0.2) is 0 Å².